The van der Waals surface area contributed by atoms with Crippen molar-refractivity contribution in [3.63, 3.8) is 0 Å². The molecular weight excluding hydrogens is 338 g/mol. The number of thiophene rings is 1. The zero-order valence-corrected chi connectivity index (χ0v) is 14.5. The van der Waals surface area contributed by atoms with Gasteiger partial charge in [0.15, 0.2) is 0 Å². The van der Waals surface area contributed by atoms with Gasteiger partial charge in [0.1, 0.15) is 10.3 Å². The molecule has 0 amide bonds. The molecule has 1 fully saturated rings. The van der Waals surface area contributed by atoms with Gasteiger partial charge in [-0.25, -0.2) is 0 Å². The van der Waals surface area contributed by atoms with Crippen molar-refractivity contribution in [2.45, 2.75) is 37.9 Å². The number of rotatable bonds is 2. The monoisotopic (exact) mass is 357 g/mol. The van der Waals surface area contributed by atoms with Crippen LogP contribution in [0.4, 0.5) is 0 Å². The third kappa shape index (κ3) is 2.23. The largest absolute Gasteiger partial charge is 0.381 e. The van der Waals surface area contributed by atoms with Crippen LogP contribution in [0.5, 0.6) is 0 Å². The summed E-state index contributed by atoms with van der Waals surface area (Å²) >= 11 is 1.45. The third-order valence-corrected chi connectivity index (χ3v) is 6.80. The van der Waals surface area contributed by atoms with Crippen molar-refractivity contribution in [2.24, 2.45) is 5.92 Å². The Labute approximate surface area is 147 Å². The van der Waals surface area contributed by atoms with Gasteiger partial charge in [-0.2, -0.15) is 5.10 Å². The quantitative estimate of drug-likeness (QED) is 0.658. The molecule has 130 valence electrons. The number of fused-ring (bicyclic) bond motifs is 3. The van der Waals surface area contributed by atoms with Gasteiger partial charge in [-0.15, -0.1) is 11.3 Å². The van der Waals surface area contributed by atoms with E-state index in [9.17, 15) is 9.90 Å². The molecule has 7 heteroatoms. The van der Waals surface area contributed by atoms with Crippen LogP contribution in [0.15, 0.2) is 23.3 Å². The average molecular weight is 357 g/mol. The van der Waals surface area contributed by atoms with E-state index < -0.39 is 5.60 Å². The number of aliphatic hydroxyl groups is 1. The van der Waals surface area contributed by atoms with Gasteiger partial charge < -0.3 is 14.8 Å². The number of H-pyrrole nitrogens is 2. The number of nitrogens with one attached hydrogen (secondary N) is 2. The van der Waals surface area contributed by atoms with Gasteiger partial charge in [-0.3, -0.25) is 9.89 Å². The molecule has 4 heterocycles. The van der Waals surface area contributed by atoms with E-state index in [0.29, 0.717) is 17.0 Å². The van der Waals surface area contributed by atoms with E-state index in [-0.39, 0.29) is 18.1 Å². The predicted octanol–water partition coefficient (Wildman–Crippen LogP) is 2.89. The lowest BCUT2D eigenvalue weighted by Gasteiger charge is -2.38. The molecular formula is C18H19N3O3S. The summed E-state index contributed by atoms with van der Waals surface area (Å²) in [7, 11) is 0. The molecule has 0 bridgehead atoms. The summed E-state index contributed by atoms with van der Waals surface area (Å²) in [6.07, 6.45) is 7.76. The van der Waals surface area contributed by atoms with Crippen molar-refractivity contribution in [3.8, 4) is 10.4 Å². The summed E-state index contributed by atoms with van der Waals surface area (Å²) in [4.78, 5) is 16.7. The van der Waals surface area contributed by atoms with Crippen LogP contribution in [0.25, 0.3) is 20.5 Å². The zero-order chi connectivity index (χ0) is 17.0. The highest BCUT2D eigenvalue weighted by Gasteiger charge is 2.45. The Kier molecular flexibility index (Phi) is 3.38. The van der Waals surface area contributed by atoms with Crippen LogP contribution < -0.4 is 5.56 Å². The van der Waals surface area contributed by atoms with Gasteiger partial charge in [0.2, 0.25) is 0 Å². The molecule has 3 aromatic heterocycles. The van der Waals surface area contributed by atoms with E-state index in [1.54, 1.807) is 6.20 Å². The SMILES string of the molecule is O=c1[nH]c2c(c3cc(-c4cn[nH]c4)sc13)COC[C@@]2(O)C1CCCC1. The van der Waals surface area contributed by atoms with E-state index in [1.165, 1.54) is 11.3 Å². The smallest absolute Gasteiger partial charge is 0.266 e. The fraction of sp³-hybridized carbons (Fsp3) is 0.444. The fourth-order valence-corrected chi connectivity index (χ4v) is 5.38. The Morgan fingerprint density at radius 3 is 2.96 bits per heavy atom. The number of ether oxygens (including phenoxy) is 1. The molecule has 1 atom stereocenters. The van der Waals surface area contributed by atoms with Crippen molar-refractivity contribution in [1.82, 2.24) is 15.2 Å². The second kappa shape index (κ2) is 5.52. The van der Waals surface area contributed by atoms with Crippen molar-refractivity contribution in [1.29, 1.82) is 0 Å². The Hall–Kier alpha value is -1.96. The van der Waals surface area contributed by atoms with Crippen LogP contribution in [-0.4, -0.2) is 26.9 Å². The maximum absolute atomic E-state index is 12.7. The first kappa shape index (κ1) is 15.3. The van der Waals surface area contributed by atoms with Gasteiger partial charge in [0, 0.05) is 27.6 Å². The normalized spacial score (nSPS) is 24.0. The second-order valence-corrected chi connectivity index (χ2v) is 8.10. The summed E-state index contributed by atoms with van der Waals surface area (Å²) in [5, 5.41) is 19.1. The highest BCUT2D eigenvalue weighted by atomic mass is 32.1. The number of pyridine rings is 1. The first-order valence-corrected chi connectivity index (χ1v) is 9.47. The number of aromatic amines is 2. The summed E-state index contributed by atoms with van der Waals surface area (Å²) in [6.45, 7) is 0.671. The van der Waals surface area contributed by atoms with Crippen LogP contribution in [0.2, 0.25) is 0 Å². The van der Waals surface area contributed by atoms with Crippen LogP contribution in [0, 0.1) is 5.92 Å². The van der Waals surface area contributed by atoms with Gasteiger partial charge in [-0.05, 0) is 24.8 Å². The van der Waals surface area contributed by atoms with Crippen LogP contribution >= 0.6 is 11.3 Å². The molecule has 0 spiro atoms. The minimum absolute atomic E-state index is 0.133. The highest BCUT2D eigenvalue weighted by molar-refractivity contribution is 7.22. The van der Waals surface area contributed by atoms with E-state index in [0.717, 1.165) is 47.1 Å². The topological polar surface area (TPSA) is 91.0 Å². The molecule has 3 N–H and O–H groups in total. The third-order valence-electron chi connectivity index (χ3n) is 5.62. The Morgan fingerprint density at radius 1 is 1.36 bits per heavy atom. The van der Waals surface area contributed by atoms with E-state index >= 15 is 0 Å². The van der Waals surface area contributed by atoms with E-state index in [4.69, 9.17) is 4.74 Å². The molecule has 0 aromatic carbocycles. The van der Waals surface area contributed by atoms with Gasteiger partial charge in [0.05, 0.1) is 25.1 Å². The fourth-order valence-electron chi connectivity index (χ4n) is 4.32. The van der Waals surface area contributed by atoms with Crippen molar-refractivity contribution < 1.29 is 9.84 Å². The molecule has 5 rings (SSSR count). The first-order valence-electron chi connectivity index (χ1n) is 8.65. The minimum Gasteiger partial charge on any atom is -0.381 e. The van der Waals surface area contributed by atoms with Gasteiger partial charge in [-0.1, -0.05) is 12.8 Å². The van der Waals surface area contributed by atoms with Gasteiger partial charge in [0.25, 0.3) is 5.56 Å². The van der Waals surface area contributed by atoms with Gasteiger partial charge >= 0.3 is 0 Å². The Morgan fingerprint density at radius 2 is 2.20 bits per heavy atom. The standard InChI is InChI=1S/C18H19N3O3S/c22-17-15-12(5-14(25-15)10-6-19-20-7-10)13-8-24-9-18(23,16(13)21-17)11-3-1-2-4-11/h5-7,11,23H,1-4,8-9H2,(H,19,20)(H,21,22)/t18-/m1/s1. The van der Waals surface area contributed by atoms with Crippen LogP contribution in [0.3, 0.4) is 0 Å². The average Bonchev–Trinajstić information content (AvgIpc) is 3.36. The minimum atomic E-state index is -1.09. The second-order valence-electron chi connectivity index (χ2n) is 7.05. The number of hydrogen-bond acceptors (Lipinski definition) is 5. The van der Waals surface area contributed by atoms with Crippen molar-refractivity contribution in [2.75, 3.05) is 6.61 Å². The molecule has 1 aliphatic carbocycles. The summed E-state index contributed by atoms with van der Waals surface area (Å²) in [5.74, 6) is 0.145. The molecule has 0 saturated heterocycles. The number of hydrogen-bond donors (Lipinski definition) is 3. The molecule has 1 aliphatic heterocycles. The van der Waals surface area contributed by atoms with Crippen molar-refractivity contribution in [3.05, 3.63) is 40.1 Å². The molecule has 0 radical (unpaired) electrons. The molecule has 2 aliphatic rings. The lowest BCUT2D eigenvalue weighted by Crippen LogP contribution is -2.44. The molecule has 6 nitrogen and oxygen atoms in total. The maximum atomic E-state index is 12.7. The zero-order valence-electron chi connectivity index (χ0n) is 13.7. The van der Waals surface area contributed by atoms with Crippen molar-refractivity contribution >= 4 is 21.4 Å². The summed E-state index contributed by atoms with van der Waals surface area (Å²) in [6, 6.07) is 2.02. The van der Waals surface area contributed by atoms with Crippen LogP contribution in [0.1, 0.15) is 36.9 Å². The molecule has 0 unspecified atom stereocenters. The maximum Gasteiger partial charge on any atom is 0.266 e. The van der Waals surface area contributed by atoms with E-state index in [2.05, 4.69) is 15.2 Å². The Balaban J connectivity index is 1.73. The Bertz CT molecular complexity index is 985. The molecule has 1 saturated carbocycles. The molecule has 3 aromatic rings. The lowest BCUT2D eigenvalue weighted by atomic mass is 9.80. The number of nitrogens with zero attached hydrogens (tertiary/aromatic N) is 1. The summed E-state index contributed by atoms with van der Waals surface area (Å²) < 4.78 is 6.46. The lowest BCUT2D eigenvalue weighted by molar-refractivity contribution is -0.111. The summed E-state index contributed by atoms with van der Waals surface area (Å²) in [5.41, 5.74) is 1.32. The predicted molar refractivity (Wildman–Crippen MR) is 95.5 cm³/mol. The van der Waals surface area contributed by atoms with E-state index in [1.807, 2.05) is 12.3 Å². The van der Waals surface area contributed by atoms with Crippen LogP contribution in [-0.2, 0) is 16.9 Å². The molecule has 25 heavy (non-hydrogen) atoms. The number of aromatic nitrogens is 3. The first-order chi connectivity index (χ1) is 12.2. The highest BCUT2D eigenvalue weighted by Crippen LogP contribution is 2.45.